The van der Waals surface area contributed by atoms with Gasteiger partial charge in [-0.1, -0.05) is 0 Å². The van der Waals surface area contributed by atoms with E-state index in [-0.39, 0.29) is 11.4 Å². The van der Waals surface area contributed by atoms with Gasteiger partial charge in [-0.3, -0.25) is 9.59 Å². The van der Waals surface area contributed by atoms with Gasteiger partial charge in [-0.2, -0.15) is 13.2 Å². The van der Waals surface area contributed by atoms with Crippen LogP contribution in [0, 0.1) is 0 Å². The highest BCUT2D eigenvalue weighted by molar-refractivity contribution is 5.85. The van der Waals surface area contributed by atoms with E-state index in [2.05, 4.69) is 0 Å². The van der Waals surface area contributed by atoms with Gasteiger partial charge in [-0.05, 0) is 6.92 Å². The number of halogens is 3. The fraction of sp³-hybridized carbons (Fsp3) is 0.667. The van der Waals surface area contributed by atoms with Gasteiger partial charge >= 0.3 is 18.1 Å². The third-order valence-electron chi connectivity index (χ3n) is 1.24. The van der Waals surface area contributed by atoms with Crippen LogP contribution in [0.3, 0.4) is 0 Å². The maximum absolute atomic E-state index is 11.8. The van der Waals surface area contributed by atoms with E-state index in [0.29, 0.717) is 0 Å². The first kappa shape index (κ1) is 11.7. The first-order valence-corrected chi connectivity index (χ1v) is 3.37. The minimum atomic E-state index is -5.01. The lowest BCUT2D eigenvalue weighted by Crippen LogP contribution is -2.43. The van der Waals surface area contributed by atoms with Gasteiger partial charge in [0.1, 0.15) is 6.54 Å². The molecule has 0 aromatic rings. The Kier molecular flexibility index (Phi) is 3.70. The second kappa shape index (κ2) is 4.11. The van der Waals surface area contributed by atoms with Crippen molar-refractivity contribution in [3.63, 3.8) is 0 Å². The third kappa shape index (κ3) is 3.77. The Labute approximate surface area is 71.9 Å². The van der Waals surface area contributed by atoms with E-state index < -0.39 is 24.6 Å². The minimum Gasteiger partial charge on any atom is -0.480 e. The number of alkyl halides is 3. The molecule has 13 heavy (non-hydrogen) atoms. The number of aliphatic carboxylic acids is 1. The lowest BCUT2D eigenvalue weighted by Gasteiger charge is -2.19. The number of carbonyl (C=O) groups excluding carboxylic acids is 1. The molecule has 0 rings (SSSR count). The van der Waals surface area contributed by atoms with Crippen LogP contribution >= 0.6 is 0 Å². The van der Waals surface area contributed by atoms with Gasteiger partial charge in [0.05, 0.1) is 0 Å². The monoisotopic (exact) mass is 199 g/mol. The molecule has 0 atom stereocenters. The van der Waals surface area contributed by atoms with E-state index in [9.17, 15) is 22.8 Å². The van der Waals surface area contributed by atoms with Gasteiger partial charge in [-0.15, -0.1) is 0 Å². The number of carboxylic acids is 1. The van der Waals surface area contributed by atoms with E-state index in [1.54, 1.807) is 0 Å². The summed E-state index contributed by atoms with van der Waals surface area (Å²) in [6.45, 7) is 0.0477. The molecule has 0 aliphatic carbocycles. The van der Waals surface area contributed by atoms with Gasteiger partial charge < -0.3 is 10.0 Å². The Morgan fingerprint density at radius 3 is 2.08 bits per heavy atom. The minimum absolute atomic E-state index is 0.211. The molecule has 0 unspecified atom stereocenters. The largest absolute Gasteiger partial charge is 0.480 e. The molecule has 0 spiro atoms. The topological polar surface area (TPSA) is 57.6 Å². The number of hydrogen-bond acceptors (Lipinski definition) is 2. The molecule has 0 aliphatic heterocycles. The summed E-state index contributed by atoms with van der Waals surface area (Å²) in [6.07, 6.45) is -5.01. The summed E-state index contributed by atoms with van der Waals surface area (Å²) in [5.74, 6) is -3.60. The smallest absolute Gasteiger partial charge is 0.471 e. The molecule has 1 amide bonds. The molecule has 0 aliphatic rings. The number of hydrogen-bond donors (Lipinski definition) is 1. The Balaban J connectivity index is 4.41. The summed E-state index contributed by atoms with van der Waals surface area (Å²) >= 11 is 0. The average Bonchev–Trinajstić information content (AvgIpc) is 1.96. The lowest BCUT2D eigenvalue weighted by atomic mass is 10.4. The Hall–Kier alpha value is -1.27. The van der Waals surface area contributed by atoms with Crippen LogP contribution in [-0.4, -0.2) is 41.1 Å². The molecule has 0 heterocycles. The highest BCUT2D eigenvalue weighted by Gasteiger charge is 2.42. The molecule has 0 saturated carbocycles. The molecule has 0 saturated heterocycles. The summed E-state index contributed by atoms with van der Waals surface area (Å²) in [7, 11) is 0. The predicted octanol–water partition coefficient (Wildman–Crippen LogP) is 0.482. The van der Waals surface area contributed by atoms with Crippen molar-refractivity contribution in [1.29, 1.82) is 0 Å². The van der Waals surface area contributed by atoms with Crippen LogP contribution in [0.4, 0.5) is 13.2 Å². The number of rotatable bonds is 3. The molecule has 4 nitrogen and oxygen atoms in total. The van der Waals surface area contributed by atoms with E-state index in [1.807, 2.05) is 0 Å². The quantitative estimate of drug-likeness (QED) is 0.719. The van der Waals surface area contributed by atoms with Crippen LogP contribution in [0.15, 0.2) is 0 Å². The van der Waals surface area contributed by atoms with E-state index >= 15 is 0 Å². The fourth-order valence-corrected chi connectivity index (χ4v) is 0.670. The van der Waals surface area contributed by atoms with Gasteiger partial charge in [0.2, 0.25) is 0 Å². The SMILES string of the molecule is CCN(CC(=O)O)C(=O)C(F)(F)F. The zero-order valence-corrected chi connectivity index (χ0v) is 6.76. The van der Waals surface area contributed by atoms with Crippen LogP contribution in [0.2, 0.25) is 0 Å². The number of nitrogens with zero attached hydrogens (tertiary/aromatic N) is 1. The zero-order valence-electron chi connectivity index (χ0n) is 6.76. The second-order valence-corrected chi connectivity index (χ2v) is 2.21. The van der Waals surface area contributed by atoms with Crippen LogP contribution in [0.1, 0.15) is 6.92 Å². The average molecular weight is 199 g/mol. The second-order valence-electron chi connectivity index (χ2n) is 2.21. The molecule has 7 heteroatoms. The van der Waals surface area contributed by atoms with E-state index in [0.717, 1.165) is 0 Å². The summed E-state index contributed by atoms with van der Waals surface area (Å²) in [5, 5.41) is 8.17. The van der Waals surface area contributed by atoms with Crippen molar-refractivity contribution >= 4 is 11.9 Å². The van der Waals surface area contributed by atoms with Gasteiger partial charge in [-0.25, -0.2) is 0 Å². The first-order chi connectivity index (χ1) is 5.79. The van der Waals surface area contributed by atoms with Crippen LogP contribution < -0.4 is 0 Å². The molecular weight excluding hydrogens is 191 g/mol. The molecule has 0 aromatic carbocycles. The van der Waals surface area contributed by atoms with E-state index in [4.69, 9.17) is 5.11 Å². The van der Waals surface area contributed by atoms with Crippen molar-refractivity contribution in [1.82, 2.24) is 4.90 Å². The molecule has 76 valence electrons. The van der Waals surface area contributed by atoms with Gasteiger partial charge in [0.25, 0.3) is 0 Å². The standard InChI is InChI=1S/C6H8F3NO3/c1-2-10(3-4(11)12)5(13)6(7,8)9/h2-3H2,1H3,(H,11,12). The third-order valence-corrected chi connectivity index (χ3v) is 1.24. The highest BCUT2D eigenvalue weighted by atomic mass is 19.4. The fourth-order valence-electron chi connectivity index (χ4n) is 0.670. The van der Waals surface area contributed by atoms with Crippen molar-refractivity contribution in [3.05, 3.63) is 0 Å². The molecule has 1 N–H and O–H groups in total. The Morgan fingerprint density at radius 2 is 1.85 bits per heavy atom. The van der Waals surface area contributed by atoms with Crippen molar-refractivity contribution in [2.45, 2.75) is 13.1 Å². The summed E-state index contributed by atoms with van der Waals surface area (Å²) in [4.78, 5) is 20.7. The van der Waals surface area contributed by atoms with E-state index in [1.165, 1.54) is 6.92 Å². The van der Waals surface area contributed by atoms with Crippen molar-refractivity contribution in [2.75, 3.05) is 13.1 Å². The summed E-state index contributed by atoms with van der Waals surface area (Å²) < 4.78 is 35.3. The zero-order chi connectivity index (χ0) is 10.6. The van der Waals surface area contributed by atoms with Crippen molar-refractivity contribution < 1.29 is 27.9 Å². The Morgan fingerprint density at radius 1 is 1.38 bits per heavy atom. The summed E-state index contributed by atoms with van der Waals surface area (Å²) in [6, 6.07) is 0. The number of carboxylic acid groups (broad SMARTS) is 1. The van der Waals surface area contributed by atoms with Crippen LogP contribution in [-0.2, 0) is 9.59 Å². The summed E-state index contributed by atoms with van der Waals surface area (Å²) in [5.41, 5.74) is 0. The van der Waals surface area contributed by atoms with Gasteiger partial charge in [0.15, 0.2) is 0 Å². The van der Waals surface area contributed by atoms with Crippen molar-refractivity contribution in [3.8, 4) is 0 Å². The van der Waals surface area contributed by atoms with Crippen LogP contribution in [0.25, 0.3) is 0 Å². The van der Waals surface area contributed by atoms with Crippen LogP contribution in [0.5, 0.6) is 0 Å². The maximum Gasteiger partial charge on any atom is 0.471 e. The molecular formula is C6H8F3NO3. The first-order valence-electron chi connectivity index (χ1n) is 3.37. The predicted molar refractivity (Wildman–Crippen MR) is 35.9 cm³/mol. The normalized spacial score (nSPS) is 11.1. The molecule has 0 aromatic heterocycles. The Bertz CT molecular complexity index is 214. The van der Waals surface area contributed by atoms with Gasteiger partial charge in [0, 0.05) is 6.54 Å². The number of likely N-dealkylation sites (N-methyl/N-ethyl adjacent to an activating group) is 1. The van der Waals surface area contributed by atoms with Crippen molar-refractivity contribution in [2.24, 2.45) is 0 Å². The maximum atomic E-state index is 11.8. The molecule has 0 radical (unpaired) electrons. The molecule has 0 fully saturated rings. The number of amides is 1. The highest BCUT2D eigenvalue weighted by Crippen LogP contribution is 2.17. The molecule has 0 bridgehead atoms. The lowest BCUT2D eigenvalue weighted by molar-refractivity contribution is -0.186. The number of carbonyl (C=O) groups is 2.